The van der Waals surface area contributed by atoms with Crippen molar-refractivity contribution >= 4 is 33.3 Å². The lowest BCUT2D eigenvalue weighted by Crippen LogP contribution is -2.12. The van der Waals surface area contributed by atoms with Crippen LogP contribution < -0.4 is 10.1 Å². The first-order valence-corrected chi connectivity index (χ1v) is 5.73. The fourth-order valence-electron chi connectivity index (χ4n) is 1.51. The topological polar surface area (TPSA) is 64.6 Å². The Bertz CT molecular complexity index is 487. The van der Waals surface area contributed by atoms with Crippen molar-refractivity contribution in [3.63, 3.8) is 0 Å². The summed E-state index contributed by atoms with van der Waals surface area (Å²) >= 11 is 3.28. The van der Waals surface area contributed by atoms with Gasteiger partial charge in [0.25, 0.3) is 11.7 Å². The smallest absolute Gasteiger partial charge is 0.296 e. The summed E-state index contributed by atoms with van der Waals surface area (Å²) in [4.78, 5) is 22.7. The number of Topliss-reactive ketones (excluding diaryl/α,β-unsaturated/α-hetero) is 1. The van der Waals surface area contributed by atoms with E-state index in [2.05, 4.69) is 21.2 Å². The van der Waals surface area contributed by atoms with Crippen LogP contribution in [0.15, 0.2) is 16.6 Å². The molecule has 1 aromatic rings. The highest BCUT2D eigenvalue weighted by atomic mass is 79.9. The number of rotatable bonds is 4. The van der Waals surface area contributed by atoms with E-state index in [4.69, 9.17) is 9.47 Å². The van der Waals surface area contributed by atoms with Crippen molar-refractivity contribution < 1.29 is 19.1 Å². The third kappa shape index (κ3) is 2.32. The maximum atomic E-state index is 11.5. The number of benzene rings is 1. The van der Waals surface area contributed by atoms with Crippen molar-refractivity contribution in [1.82, 2.24) is 0 Å². The molecule has 1 amide bonds. The number of ketones is 1. The number of ether oxygens (including phenoxy) is 2. The van der Waals surface area contributed by atoms with Gasteiger partial charge < -0.3 is 14.8 Å². The number of methoxy groups -OCH3 is 1. The Kier molecular flexibility index (Phi) is 3.44. The zero-order chi connectivity index (χ0) is 12.4. The van der Waals surface area contributed by atoms with Crippen molar-refractivity contribution in [2.75, 3.05) is 25.6 Å². The van der Waals surface area contributed by atoms with Crippen LogP contribution in [0.25, 0.3) is 0 Å². The summed E-state index contributed by atoms with van der Waals surface area (Å²) in [6.07, 6.45) is 0. The van der Waals surface area contributed by atoms with Crippen LogP contribution in [-0.4, -0.2) is 32.0 Å². The lowest BCUT2D eigenvalue weighted by Gasteiger charge is -2.08. The van der Waals surface area contributed by atoms with Gasteiger partial charge in [-0.25, -0.2) is 0 Å². The van der Waals surface area contributed by atoms with E-state index in [-0.39, 0.29) is 0 Å². The quantitative estimate of drug-likeness (QED) is 0.678. The molecule has 0 saturated carbocycles. The van der Waals surface area contributed by atoms with Crippen LogP contribution in [0.2, 0.25) is 0 Å². The zero-order valence-corrected chi connectivity index (χ0v) is 10.7. The average molecular weight is 300 g/mol. The van der Waals surface area contributed by atoms with Gasteiger partial charge in [-0.2, -0.15) is 0 Å². The Balaban J connectivity index is 2.25. The van der Waals surface area contributed by atoms with Gasteiger partial charge in [-0.1, -0.05) is 0 Å². The second-order valence-electron chi connectivity index (χ2n) is 3.45. The number of hydrogen-bond donors (Lipinski definition) is 1. The number of hydrogen-bond acceptors (Lipinski definition) is 4. The molecule has 1 aromatic carbocycles. The molecular weight excluding hydrogens is 290 g/mol. The first kappa shape index (κ1) is 12.1. The lowest BCUT2D eigenvalue weighted by atomic mass is 10.1. The molecule has 0 aliphatic carbocycles. The van der Waals surface area contributed by atoms with E-state index in [1.807, 2.05) is 0 Å². The van der Waals surface area contributed by atoms with Crippen molar-refractivity contribution in [3.8, 4) is 5.75 Å². The van der Waals surface area contributed by atoms with E-state index in [9.17, 15) is 9.59 Å². The molecule has 1 aliphatic heterocycles. The van der Waals surface area contributed by atoms with E-state index < -0.39 is 11.7 Å². The van der Waals surface area contributed by atoms with Crippen LogP contribution in [0.4, 0.5) is 5.69 Å². The van der Waals surface area contributed by atoms with Gasteiger partial charge in [0, 0.05) is 11.6 Å². The van der Waals surface area contributed by atoms with E-state index in [1.54, 1.807) is 19.2 Å². The van der Waals surface area contributed by atoms with Gasteiger partial charge in [-0.15, -0.1) is 0 Å². The molecule has 0 spiro atoms. The SMILES string of the molecule is COCCOc1cc(Br)c2c(c1)C(=O)C(=O)N2. The Morgan fingerprint density at radius 3 is 2.76 bits per heavy atom. The number of carbonyl (C=O) groups excluding carboxylic acids is 2. The molecule has 0 bridgehead atoms. The molecule has 0 radical (unpaired) electrons. The van der Waals surface area contributed by atoms with Crippen LogP contribution in [0.5, 0.6) is 5.75 Å². The summed E-state index contributed by atoms with van der Waals surface area (Å²) in [5, 5.41) is 2.49. The number of carbonyl (C=O) groups is 2. The van der Waals surface area contributed by atoms with Crippen LogP contribution in [0, 0.1) is 0 Å². The number of anilines is 1. The van der Waals surface area contributed by atoms with Gasteiger partial charge in [0.15, 0.2) is 0 Å². The fraction of sp³-hybridized carbons (Fsp3) is 0.273. The predicted molar refractivity (Wildman–Crippen MR) is 64.5 cm³/mol. The highest BCUT2D eigenvalue weighted by Crippen LogP contribution is 2.35. The molecule has 0 aromatic heterocycles. The zero-order valence-electron chi connectivity index (χ0n) is 9.08. The maximum Gasteiger partial charge on any atom is 0.296 e. The standard InChI is InChI=1S/C11H10BrNO4/c1-16-2-3-17-6-4-7-9(8(12)5-6)13-11(15)10(7)14/h4-5H,2-3H2,1H3,(H,13,14,15). The van der Waals surface area contributed by atoms with Crippen LogP contribution >= 0.6 is 15.9 Å². The molecule has 0 atom stereocenters. The molecule has 1 N–H and O–H groups in total. The Morgan fingerprint density at radius 2 is 2.06 bits per heavy atom. The molecule has 0 unspecified atom stereocenters. The molecule has 0 saturated heterocycles. The number of amides is 1. The number of nitrogens with one attached hydrogen (secondary N) is 1. The third-order valence-corrected chi connectivity index (χ3v) is 2.93. The summed E-state index contributed by atoms with van der Waals surface area (Å²) in [6, 6.07) is 3.25. The van der Waals surface area contributed by atoms with E-state index in [0.717, 1.165) is 0 Å². The molecule has 2 rings (SSSR count). The van der Waals surface area contributed by atoms with Crippen molar-refractivity contribution in [2.45, 2.75) is 0 Å². The second kappa shape index (κ2) is 4.85. The normalized spacial score (nSPS) is 13.5. The fourth-order valence-corrected chi connectivity index (χ4v) is 2.05. The summed E-state index contributed by atoms with van der Waals surface area (Å²) in [7, 11) is 1.58. The molecule has 5 nitrogen and oxygen atoms in total. The lowest BCUT2D eigenvalue weighted by molar-refractivity contribution is -0.112. The molecular formula is C11H10BrNO4. The first-order valence-electron chi connectivity index (χ1n) is 4.94. The van der Waals surface area contributed by atoms with Gasteiger partial charge in [0.05, 0.1) is 17.9 Å². The molecule has 0 fully saturated rings. The monoisotopic (exact) mass is 299 g/mol. The van der Waals surface area contributed by atoms with Gasteiger partial charge >= 0.3 is 0 Å². The molecule has 90 valence electrons. The number of halogens is 1. The van der Waals surface area contributed by atoms with Crippen molar-refractivity contribution in [3.05, 3.63) is 22.2 Å². The van der Waals surface area contributed by atoms with Gasteiger partial charge in [-0.05, 0) is 28.1 Å². The third-order valence-electron chi connectivity index (χ3n) is 2.31. The maximum absolute atomic E-state index is 11.5. The van der Waals surface area contributed by atoms with E-state index >= 15 is 0 Å². The summed E-state index contributed by atoms with van der Waals surface area (Å²) in [6.45, 7) is 0.844. The first-order chi connectivity index (χ1) is 8.13. The molecule has 17 heavy (non-hydrogen) atoms. The minimum Gasteiger partial charge on any atom is -0.491 e. The Hall–Kier alpha value is -1.40. The van der Waals surface area contributed by atoms with Crippen LogP contribution in [-0.2, 0) is 9.53 Å². The Morgan fingerprint density at radius 1 is 1.29 bits per heavy atom. The van der Waals surface area contributed by atoms with Crippen molar-refractivity contribution in [2.24, 2.45) is 0 Å². The van der Waals surface area contributed by atoms with Crippen LogP contribution in [0.3, 0.4) is 0 Å². The predicted octanol–water partition coefficient (Wildman–Crippen LogP) is 1.61. The summed E-state index contributed by atoms with van der Waals surface area (Å²) in [5.41, 5.74) is 0.830. The molecule has 1 heterocycles. The summed E-state index contributed by atoms with van der Waals surface area (Å²) < 4.78 is 10.9. The van der Waals surface area contributed by atoms with Crippen molar-refractivity contribution in [1.29, 1.82) is 0 Å². The van der Waals surface area contributed by atoms with Crippen LogP contribution in [0.1, 0.15) is 10.4 Å². The average Bonchev–Trinajstić information content (AvgIpc) is 2.58. The molecule has 6 heteroatoms. The summed E-state index contributed by atoms with van der Waals surface area (Å²) in [5.74, 6) is -0.634. The largest absolute Gasteiger partial charge is 0.491 e. The number of fused-ring (bicyclic) bond motifs is 1. The highest BCUT2D eigenvalue weighted by molar-refractivity contribution is 9.10. The van der Waals surface area contributed by atoms with Gasteiger partial charge in [0.1, 0.15) is 12.4 Å². The minimum absolute atomic E-state index is 0.330. The minimum atomic E-state index is -0.616. The molecule has 1 aliphatic rings. The van der Waals surface area contributed by atoms with Gasteiger partial charge in [0.2, 0.25) is 0 Å². The van der Waals surface area contributed by atoms with Gasteiger partial charge in [-0.3, -0.25) is 9.59 Å². The second-order valence-corrected chi connectivity index (χ2v) is 4.31. The van der Waals surface area contributed by atoms with E-state index in [0.29, 0.717) is 34.7 Å². The Labute approximate surface area is 106 Å². The highest BCUT2D eigenvalue weighted by Gasteiger charge is 2.30. The van der Waals surface area contributed by atoms with E-state index in [1.165, 1.54) is 0 Å².